The first-order chi connectivity index (χ1) is 16.7. The molecule has 1 unspecified atom stereocenters. The van der Waals surface area contributed by atoms with Crippen molar-refractivity contribution in [3.63, 3.8) is 0 Å². The summed E-state index contributed by atoms with van der Waals surface area (Å²) >= 11 is 0. The minimum absolute atomic E-state index is 0.109. The maximum atomic E-state index is 13.3. The second-order valence-corrected chi connectivity index (χ2v) is 8.91. The van der Waals surface area contributed by atoms with Gasteiger partial charge in [-0.25, -0.2) is 9.67 Å². The van der Waals surface area contributed by atoms with E-state index in [1.807, 2.05) is 30.3 Å². The van der Waals surface area contributed by atoms with Crippen LogP contribution in [0.25, 0.3) is 22.3 Å². The van der Waals surface area contributed by atoms with E-state index in [1.54, 1.807) is 29.5 Å². The number of pyridine rings is 2. The third-order valence-corrected chi connectivity index (χ3v) is 6.55. The van der Waals surface area contributed by atoms with Crippen LogP contribution in [-0.2, 0) is 6.54 Å². The van der Waals surface area contributed by atoms with Gasteiger partial charge in [0.05, 0.1) is 29.1 Å². The highest BCUT2D eigenvalue weighted by Crippen LogP contribution is 2.25. The Balaban J connectivity index is 1.37. The molecule has 1 fully saturated rings. The first-order valence-corrected chi connectivity index (χ1v) is 12.0. The van der Waals surface area contributed by atoms with Gasteiger partial charge in [-0.2, -0.15) is 5.10 Å². The Hall–Kier alpha value is -3.52. The molecule has 1 N–H and O–H groups in total. The van der Waals surface area contributed by atoms with E-state index in [1.165, 1.54) is 19.3 Å². The highest BCUT2D eigenvalue weighted by atomic mass is 16.3. The van der Waals surface area contributed by atoms with Crippen molar-refractivity contribution in [2.75, 3.05) is 19.6 Å². The molecule has 4 aromatic rings. The van der Waals surface area contributed by atoms with Gasteiger partial charge in [-0.1, -0.05) is 6.42 Å². The SMILES string of the molecule is CC1CCCCN1CCCNC(=O)c1cc(-c2cccnc2)nc2c1cnn2Cc1ccco1. The molecule has 0 bridgehead atoms. The Morgan fingerprint density at radius 3 is 2.97 bits per heavy atom. The third-order valence-electron chi connectivity index (χ3n) is 6.55. The maximum Gasteiger partial charge on any atom is 0.252 e. The number of amides is 1. The van der Waals surface area contributed by atoms with Gasteiger partial charge in [-0.15, -0.1) is 0 Å². The van der Waals surface area contributed by atoms with Gasteiger partial charge in [-0.05, 0) is 63.1 Å². The molecule has 5 heterocycles. The molecule has 1 aliphatic rings. The largest absolute Gasteiger partial charge is 0.467 e. The molecule has 1 aliphatic heterocycles. The number of rotatable bonds is 8. The smallest absolute Gasteiger partial charge is 0.252 e. The number of carbonyl (C=O) groups is 1. The molecule has 34 heavy (non-hydrogen) atoms. The molecule has 176 valence electrons. The zero-order chi connectivity index (χ0) is 23.3. The Morgan fingerprint density at radius 2 is 2.18 bits per heavy atom. The van der Waals surface area contributed by atoms with Crippen molar-refractivity contribution in [1.82, 2.24) is 30.0 Å². The number of aromatic nitrogens is 4. The van der Waals surface area contributed by atoms with Crippen molar-refractivity contribution in [3.05, 3.63) is 66.5 Å². The van der Waals surface area contributed by atoms with E-state index in [-0.39, 0.29) is 5.91 Å². The standard InChI is InChI=1S/C26H30N6O2/c1-19-7-2-3-12-31(19)13-6-11-28-26(33)22-15-24(20-8-4-10-27-16-20)30-25-23(22)17-29-32(25)18-21-9-5-14-34-21/h4-5,8-10,14-17,19H,2-3,6-7,11-13,18H2,1H3,(H,28,33). The minimum Gasteiger partial charge on any atom is -0.467 e. The summed E-state index contributed by atoms with van der Waals surface area (Å²) in [5, 5.41) is 8.34. The monoisotopic (exact) mass is 458 g/mol. The lowest BCUT2D eigenvalue weighted by atomic mass is 10.0. The van der Waals surface area contributed by atoms with Crippen molar-refractivity contribution >= 4 is 16.9 Å². The lowest BCUT2D eigenvalue weighted by Gasteiger charge is -2.33. The van der Waals surface area contributed by atoms with Crippen molar-refractivity contribution in [2.45, 2.75) is 45.2 Å². The first-order valence-electron chi connectivity index (χ1n) is 12.0. The fourth-order valence-electron chi connectivity index (χ4n) is 4.63. The van der Waals surface area contributed by atoms with Crippen LogP contribution in [0.15, 0.2) is 59.6 Å². The van der Waals surface area contributed by atoms with E-state index < -0.39 is 0 Å². The predicted octanol–water partition coefficient (Wildman–Crippen LogP) is 4.13. The third kappa shape index (κ3) is 4.87. The molecule has 4 aromatic heterocycles. The number of nitrogens with one attached hydrogen (secondary N) is 1. The summed E-state index contributed by atoms with van der Waals surface area (Å²) in [5.74, 6) is 0.665. The number of likely N-dealkylation sites (tertiary alicyclic amines) is 1. The molecular formula is C26H30N6O2. The normalized spacial score (nSPS) is 16.7. The summed E-state index contributed by atoms with van der Waals surface area (Å²) in [7, 11) is 0. The number of furan rings is 1. The Labute approximate surface area is 199 Å². The number of fused-ring (bicyclic) bond motifs is 1. The number of hydrogen-bond acceptors (Lipinski definition) is 6. The van der Waals surface area contributed by atoms with Gasteiger partial charge in [0.25, 0.3) is 5.91 Å². The van der Waals surface area contributed by atoms with Gasteiger partial charge in [0.15, 0.2) is 5.65 Å². The van der Waals surface area contributed by atoms with Crippen LogP contribution in [0.5, 0.6) is 0 Å². The van der Waals surface area contributed by atoms with Gasteiger partial charge >= 0.3 is 0 Å². The molecule has 1 amide bonds. The number of hydrogen-bond donors (Lipinski definition) is 1. The molecule has 0 saturated carbocycles. The second-order valence-electron chi connectivity index (χ2n) is 8.91. The summed E-state index contributed by atoms with van der Waals surface area (Å²) in [4.78, 5) is 24.8. The highest BCUT2D eigenvalue weighted by molar-refractivity contribution is 6.06. The van der Waals surface area contributed by atoms with Crippen LogP contribution in [0.3, 0.4) is 0 Å². The van der Waals surface area contributed by atoms with Crippen LogP contribution in [-0.4, -0.2) is 56.2 Å². The molecule has 5 rings (SSSR count). The molecule has 8 heteroatoms. The van der Waals surface area contributed by atoms with E-state index in [0.29, 0.717) is 36.0 Å². The van der Waals surface area contributed by atoms with E-state index in [4.69, 9.17) is 9.40 Å². The number of nitrogens with zero attached hydrogens (tertiary/aromatic N) is 5. The van der Waals surface area contributed by atoms with Crippen LogP contribution in [0, 0.1) is 0 Å². The molecule has 1 saturated heterocycles. The number of carbonyl (C=O) groups excluding carboxylic acids is 1. The van der Waals surface area contributed by atoms with Crippen LogP contribution in [0.1, 0.15) is 48.7 Å². The molecular weight excluding hydrogens is 428 g/mol. The second kappa shape index (κ2) is 10.2. The zero-order valence-corrected chi connectivity index (χ0v) is 19.5. The summed E-state index contributed by atoms with van der Waals surface area (Å²) < 4.78 is 7.26. The molecule has 0 aromatic carbocycles. The Morgan fingerprint density at radius 1 is 1.24 bits per heavy atom. The van der Waals surface area contributed by atoms with E-state index in [0.717, 1.165) is 36.2 Å². The minimum atomic E-state index is -0.109. The molecule has 0 spiro atoms. The quantitative estimate of drug-likeness (QED) is 0.400. The van der Waals surface area contributed by atoms with Gasteiger partial charge < -0.3 is 14.6 Å². The predicted molar refractivity (Wildman–Crippen MR) is 130 cm³/mol. The van der Waals surface area contributed by atoms with E-state index >= 15 is 0 Å². The summed E-state index contributed by atoms with van der Waals surface area (Å²) in [6.45, 7) is 5.54. The van der Waals surface area contributed by atoms with Crippen molar-refractivity contribution < 1.29 is 9.21 Å². The summed E-state index contributed by atoms with van der Waals surface area (Å²) in [6.07, 6.45) is 11.6. The van der Waals surface area contributed by atoms with E-state index in [9.17, 15) is 4.79 Å². The summed E-state index contributed by atoms with van der Waals surface area (Å²) in [6, 6.07) is 10.0. The zero-order valence-electron chi connectivity index (χ0n) is 19.5. The number of piperidine rings is 1. The van der Waals surface area contributed by atoms with Crippen LogP contribution in [0.4, 0.5) is 0 Å². The van der Waals surface area contributed by atoms with Crippen LogP contribution in [0.2, 0.25) is 0 Å². The fraction of sp³-hybridized carbons (Fsp3) is 0.385. The topological polar surface area (TPSA) is 89.1 Å². The van der Waals surface area contributed by atoms with Crippen LogP contribution < -0.4 is 5.32 Å². The van der Waals surface area contributed by atoms with Gasteiger partial charge in [0.1, 0.15) is 12.3 Å². The van der Waals surface area contributed by atoms with Crippen molar-refractivity contribution in [2.24, 2.45) is 0 Å². The lowest BCUT2D eigenvalue weighted by molar-refractivity contribution is 0.0950. The fourth-order valence-corrected chi connectivity index (χ4v) is 4.63. The lowest BCUT2D eigenvalue weighted by Crippen LogP contribution is -2.39. The molecule has 0 radical (unpaired) electrons. The van der Waals surface area contributed by atoms with Crippen molar-refractivity contribution in [3.8, 4) is 11.3 Å². The average Bonchev–Trinajstić information content (AvgIpc) is 3.53. The summed E-state index contributed by atoms with van der Waals surface area (Å²) in [5.41, 5.74) is 2.75. The molecule has 1 atom stereocenters. The average molecular weight is 459 g/mol. The Bertz CT molecular complexity index is 1240. The van der Waals surface area contributed by atoms with Crippen molar-refractivity contribution in [1.29, 1.82) is 0 Å². The Kier molecular flexibility index (Phi) is 6.67. The van der Waals surface area contributed by atoms with Gasteiger partial charge in [0.2, 0.25) is 0 Å². The molecule has 0 aliphatic carbocycles. The highest BCUT2D eigenvalue weighted by Gasteiger charge is 2.19. The maximum absolute atomic E-state index is 13.3. The first kappa shape index (κ1) is 22.3. The van der Waals surface area contributed by atoms with Crippen LogP contribution >= 0.6 is 0 Å². The molecule has 8 nitrogen and oxygen atoms in total. The van der Waals surface area contributed by atoms with E-state index in [2.05, 4.69) is 27.2 Å². The van der Waals surface area contributed by atoms with Gasteiger partial charge in [-0.3, -0.25) is 9.78 Å². The van der Waals surface area contributed by atoms with Gasteiger partial charge in [0, 0.05) is 37.1 Å².